The van der Waals surface area contributed by atoms with Crippen molar-refractivity contribution in [3.63, 3.8) is 0 Å². The maximum absolute atomic E-state index is 13.7. The molecule has 1 atom stereocenters. The van der Waals surface area contributed by atoms with Crippen LogP contribution < -0.4 is 10.6 Å². The summed E-state index contributed by atoms with van der Waals surface area (Å²) in [5.41, 5.74) is 13.1. The number of benzene rings is 1. The highest BCUT2D eigenvalue weighted by Crippen LogP contribution is 2.38. The van der Waals surface area contributed by atoms with Gasteiger partial charge in [-0.05, 0) is 67.0 Å². The second-order valence-corrected chi connectivity index (χ2v) is 8.04. The summed E-state index contributed by atoms with van der Waals surface area (Å²) in [7, 11) is 0. The first-order valence-corrected chi connectivity index (χ1v) is 10.3. The first-order chi connectivity index (χ1) is 13.7. The smallest absolute Gasteiger partial charge is 0.213 e. The molecule has 0 bridgehead atoms. The van der Waals surface area contributed by atoms with Crippen molar-refractivity contribution in [1.29, 1.82) is 0 Å². The van der Waals surface area contributed by atoms with Gasteiger partial charge < -0.3 is 10.6 Å². The van der Waals surface area contributed by atoms with Gasteiger partial charge in [0.15, 0.2) is 0 Å². The average Bonchev–Trinajstić information content (AvgIpc) is 2.99. The monoisotopic (exact) mass is 376 g/mol. The number of rotatable bonds is 2. The lowest BCUT2D eigenvalue weighted by molar-refractivity contribution is 0.584. The van der Waals surface area contributed by atoms with Crippen LogP contribution in [0.1, 0.15) is 36.9 Å². The minimum absolute atomic E-state index is 0.224. The van der Waals surface area contributed by atoms with Crippen LogP contribution in [0.15, 0.2) is 36.5 Å². The number of hydrogen-bond donors (Lipinski definition) is 1. The fourth-order valence-corrected chi connectivity index (χ4v) is 4.69. The van der Waals surface area contributed by atoms with E-state index >= 15 is 0 Å². The number of halogens is 1. The maximum Gasteiger partial charge on any atom is 0.213 e. The molecule has 28 heavy (non-hydrogen) atoms. The number of anilines is 1. The number of nitrogens with zero attached hydrogens (tertiary/aromatic N) is 3. The van der Waals surface area contributed by atoms with Crippen LogP contribution in [0.2, 0.25) is 0 Å². The summed E-state index contributed by atoms with van der Waals surface area (Å²) in [6.45, 7) is 1.88. The minimum Gasteiger partial charge on any atom is -0.369 e. The second-order valence-electron chi connectivity index (χ2n) is 8.04. The van der Waals surface area contributed by atoms with Crippen molar-refractivity contribution in [1.82, 2.24) is 9.97 Å². The fourth-order valence-electron chi connectivity index (χ4n) is 4.69. The number of nitrogens with two attached hydrogens (primary N) is 1. The van der Waals surface area contributed by atoms with Crippen LogP contribution in [0, 0.1) is 5.95 Å². The molecule has 1 fully saturated rings. The topological polar surface area (TPSA) is 55.0 Å². The Morgan fingerprint density at radius 1 is 1.04 bits per heavy atom. The van der Waals surface area contributed by atoms with E-state index in [1.165, 1.54) is 48.5 Å². The third-order valence-electron chi connectivity index (χ3n) is 6.08. The van der Waals surface area contributed by atoms with Gasteiger partial charge in [-0.15, -0.1) is 0 Å². The fraction of sp³-hybridized carbons (Fsp3) is 0.391. The highest BCUT2D eigenvalue weighted by Gasteiger charge is 2.26. The molecule has 1 aliphatic heterocycles. The van der Waals surface area contributed by atoms with Gasteiger partial charge in [0.05, 0.1) is 11.2 Å². The summed E-state index contributed by atoms with van der Waals surface area (Å²) >= 11 is 0. The molecule has 0 unspecified atom stereocenters. The zero-order valence-corrected chi connectivity index (χ0v) is 16.0. The van der Waals surface area contributed by atoms with Crippen LogP contribution in [-0.4, -0.2) is 29.1 Å². The Morgan fingerprint density at radius 3 is 2.71 bits per heavy atom. The molecule has 3 heterocycles. The predicted octanol–water partition coefficient (Wildman–Crippen LogP) is 4.24. The van der Waals surface area contributed by atoms with Crippen LogP contribution in [-0.2, 0) is 12.8 Å². The standard InChI is InChI=1S/C23H25FN4/c24-22-13-16(8-10-26-22)15-6-7-21-19(12-15)23(28-11-9-17(25)14-28)18-4-2-1-3-5-20(18)27-21/h6-8,10,12-13,17H,1-5,9,11,14,25H2/t17-/m0/s1. The second kappa shape index (κ2) is 7.13. The van der Waals surface area contributed by atoms with E-state index in [2.05, 4.69) is 22.0 Å². The lowest BCUT2D eigenvalue weighted by Crippen LogP contribution is -2.27. The van der Waals surface area contributed by atoms with Crippen LogP contribution in [0.25, 0.3) is 22.0 Å². The van der Waals surface area contributed by atoms with Crippen LogP contribution >= 0.6 is 0 Å². The molecule has 0 radical (unpaired) electrons. The van der Waals surface area contributed by atoms with E-state index in [-0.39, 0.29) is 6.04 Å². The van der Waals surface area contributed by atoms with Gasteiger partial charge >= 0.3 is 0 Å². The Labute approximate surface area is 164 Å². The van der Waals surface area contributed by atoms with Crippen molar-refractivity contribution in [3.05, 3.63) is 53.7 Å². The van der Waals surface area contributed by atoms with Gasteiger partial charge in [0.25, 0.3) is 0 Å². The van der Waals surface area contributed by atoms with Gasteiger partial charge in [-0.25, -0.2) is 4.98 Å². The van der Waals surface area contributed by atoms with E-state index < -0.39 is 5.95 Å². The summed E-state index contributed by atoms with van der Waals surface area (Å²) in [4.78, 5) is 11.2. The third-order valence-corrected chi connectivity index (χ3v) is 6.08. The van der Waals surface area contributed by atoms with Gasteiger partial charge in [0.1, 0.15) is 0 Å². The van der Waals surface area contributed by atoms with E-state index in [1.807, 2.05) is 12.1 Å². The molecular formula is C23H25FN4. The first kappa shape index (κ1) is 17.6. The molecule has 1 aliphatic carbocycles. The minimum atomic E-state index is -0.455. The zero-order chi connectivity index (χ0) is 19.1. The molecule has 2 aliphatic rings. The Kier molecular flexibility index (Phi) is 4.47. The van der Waals surface area contributed by atoms with Crippen LogP contribution in [0.3, 0.4) is 0 Å². The van der Waals surface area contributed by atoms with Crippen LogP contribution in [0.4, 0.5) is 10.1 Å². The van der Waals surface area contributed by atoms with E-state index in [9.17, 15) is 4.39 Å². The van der Waals surface area contributed by atoms with Crippen LogP contribution in [0.5, 0.6) is 0 Å². The average molecular weight is 376 g/mol. The van der Waals surface area contributed by atoms with Gasteiger partial charge in [0, 0.05) is 42.5 Å². The van der Waals surface area contributed by atoms with Crippen molar-refractivity contribution in [2.75, 3.05) is 18.0 Å². The molecule has 1 aromatic carbocycles. The Morgan fingerprint density at radius 2 is 1.89 bits per heavy atom. The number of aromatic nitrogens is 2. The molecule has 1 saturated heterocycles. The number of fused-ring (bicyclic) bond motifs is 2. The van der Waals surface area contributed by atoms with E-state index in [1.54, 1.807) is 0 Å². The molecule has 3 aromatic rings. The maximum atomic E-state index is 13.7. The molecule has 4 nitrogen and oxygen atoms in total. The first-order valence-electron chi connectivity index (χ1n) is 10.3. The Hall–Kier alpha value is -2.53. The number of pyridine rings is 2. The Bertz CT molecular complexity index is 1030. The summed E-state index contributed by atoms with van der Waals surface area (Å²) in [5, 5.41) is 1.16. The third kappa shape index (κ3) is 3.14. The van der Waals surface area contributed by atoms with Crippen molar-refractivity contribution in [2.24, 2.45) is 5.73 Å². The normalized spacial score (nSPS) is 19.6. The zero-order valence-electron chi connectivity index (χ0n) is 16.0. The van der Waals surface area contributed by atoms with E-state index in [0.717, 1.165) is 54.4 Å². The summed E-state index contributed by atoms with van der Waals surface area (Å²) < 4.78 is 13.7. The molecule has 5 rings (SSSR count). The largest absolute Gasteiger partial charge is 0.369 e. The summed E-state index contributed by atoms with van der Waals surface area (Å²) in [5.74, 6) is -0.455. The van der Waals surface area contributed by atoms with E-state index in [0.29, 0.717) is 0 Å². The lowest BCUT2D eigenvalue weighted by Gasteiger charge is -2.25. The SMILES string of the molecule is N[C@H]1CCN(c2c3c(nc4ccc(-c5ccnc(F)c5)cc24)CCCCC3)C1. The molecule has 0 saturated carbocycles. The van der Waals surface area contributed by atoms with Crippen molar-refractivity contribution in [2.45, 2.75) is 44.6 Å². The van der Waals surface area contributed by atoms with Gasteiger partial charge in [-0.2, -0.15) is 4.39 Å². The van der Waals surface area contributed by atoms with Gasteiger partial charge in [0.2, 0.25) is 5.95 Å². The molecule has 144 valence electrons. The predicted molar refractivity (Wildman–Crippen MR) is 111 cm³/mol. The summed E-state index contributed by atoms with van der Waals surface area (Å²) in [6, 6.07) is 9.85. The summed E-state index contributed by atoms with van der Waals surface area (Å²) in [6.07, 6.45) is 8.34. The van der Waals surface area contributed by atoms with Crippen molar-refractivity contribution >= 4 is 16.6 Å². The highest BCUT2D eigenvalue weighted by molar-refractivity contribution is 5.97. The van der Waals surface area contributed by atoms with Gasteiger partial charge in [-0.1, -0.05) is 12.5 Å². The quantitative estimate of drug-likeness (QED) is 0.537. The highest BCUT2D eigenvalue weighted by atomic mass is 19.1. The lowest BCUT2D eigenvalue weighted by atomic mass is 9.98. The molecule has 0 amide bonds. The Balaban J connectivity index is 1.73. The van der Waals surface area contributed by atoms with Gasteiger partial charge in [-0.3, -0.25) is 4.98 Å². The van der Waals surface area contributed by atoms with Crippen molar-refractivity contribution < 1.29 is 4.39 Å². The molecule has 2 aromatic heterocycles. The molecular weight excluding hydrogens is 351 g/mol. The molecule has 0 spiro atoms. The molecule has 2 N–H and O–H groups in total. The molecule has 5 heteroatoms. The number of aryl methyl sites for hydroxylation is 1. The van der Waals surface area contributed by atoms with E-state index in [4.69, 9.17) is 10.7 Å². The number of hydrogen-bond acceptors (Lipinski definition) is 4. The van der Waals surface area contributed by atoms with Crippen molar-refractivity contribution in [3.8, 4) is 11.1 Å².